The lowest BCUT2D eigenvalue weighted by Crippen LogP contribution is -2.46. The van der Waals surface area contributed by atoms with Gasteiger partial charge in [-0.15, -0.1) is 0 Å². The predicted molar refractivity (Wildman–Crippen MR) is 97.4 cm³/mol. The molecule has 0 bridgehead atoms. The molecule has 1 aromatic carbocycles. The quantitative estimate of drug-likeness (QED) is 0.644. The first-order chi connectivity index (χ1) is 12.2. The van der Waals surface area contributed by atoms with Gasteiger partial charge in [0, 0.05) is 18.7 Å². The average Bonchev–Trinajstić information content (AvgIpc) is 3.13. The third kappa shape index (κ3) is 4.48. The molecular formula is C19H25N3O3. The highest BCUT2D eigenvalue weighted by Gasteiger charge is 2.16. The van der Waals surface area contributed by atoms with Crippen molar-refractivity contribution in [2.45, 2.75) is 18.9 Å². The summed E-state index contributed by atoms with van der Waals surface area (Å²) >= 11 is 0. The number of ketones is 1. The Balaban J connectivity index is 0.000000160. The van der Waals surface area contributed by atoms with E-state index < -0.39 is 0 Å². The van der Waals surface area contributed by atoms with Gasteiger partial charge in [-0.2, -0.15) is 0 Å². The fourth-order valence-corrected chi connectivity index (χ4v) is 2.93. The van der Waals surface area contributed by atoms with Crippen LogP contribution in [0.15, 0.2) is 35.9 Å². The van der Waals surface area contributed by atoms with Gasteiger partial charge in [-0.25, -0.2) is 5.01 Å². The Labute approximate surface area is 148 Å². The molecule has 1 aromatic rings. The van der Waals surface area contributed by atoms with E-state index in [0.29, 0.717) is 0 Å². The van der Waals surface area contributed by atoms with Crippen LogP contribution in [0.4, 0.5) is 0 Å². The minimum absolute atomic E-state index is 0.0765. The zero-order valence-corrected chi connectivity index (χ0v) is 14.7. The van der Waals surface area contributed by atoms with Gasteiger partial charge in [0.2, 0.25) is 6.79 Å². The summed E-state index contributed by atoms with van der Waals surface area (Å²) in [6.45, 7) is 2.60. The number of fused-ring (bicyclic) bond motifs is 1. The number of benzene rings is 1. The highest BCUT2D eigenvalue weighted by Crippen LogP contribution is 2.33. The second-order valence-corrected chi connectivity index (χ2v) is 6.23. The van der Waals surface area contributed by atoms with Crippen molar-refractivity contribution in [1.29, 1.82) is 0 Å². The molecule has 0 atom stereocenters. The van der Waals surface area contributed by atoms with E-state index in [4.69, 9.17) is 9.47 Å². The number of rotatable bonds is 3. The molecule has 1 aliphatic carbocycles. The van der Waals surface area contributed by atoms with Gasteiger partial charge >= 0.3 is 0 Å². The van der Waals surface area contributed by atoms with E-state index in [1.807, 2.05) is 31.3 Å². The highest BCUT2D eigenvalue weighted by molar-refractivity contribution is 6.16. The molecule has 6 heteroatoms. The number of piperidine rings is 1. The van der Waals surface area contributed by atoms with E-state index in [2.05, 4.69) is 22.8 Å². The van der Waals surface area contributed by atoms with Gasteiger partial charge in [0.1, 0.15) is 0 Å². The number of allylic oxidation sites excluding steroid dienone is 3. The summed E-state index contributed by atoms with van der Waals surface area (Å²) < 4.78 is 10.4. The van der Waals surface area contributed by atoms with Crippen molar-refractivity contribution in [2.24, 2.45) is 0 Å². The molecule has 3 aliphatic rings. The second kappa shape index (κ2) is 8.29. The Kier molecular flexibility index (Phi) is 5.86. The van der Waals surface area contributed by atoms with Gasteiger partial charge < -0.3 is 14.8 Å². The van der Waals surface area contributed by atoms with Crippen LogP contribution in [-0.4, -0.2) is 50.8 Å². The lowest BCUT2D eigenvalue weighted by molar-refractivity contribution is -0.111. The average molecular weight is 343 g/mol. The van der Waals surface area contributed by atoms with Gasteiger partial charge in [-0.3, -0.25) is 10.2 Å². The molecule has 2 N–H and O–H groups in total. The van der Waals surface area contributed by atoms with Crippen molar-refractivity contribution in [2.75, 3.05) is 34.0 Å². The van der Waals surface area contributed by atoms with Crippen LogP contribution in [0.5, 0.6) is 11.5 Å². The molecule has 0 unspecified atom stereocenters. The molecule has 0 radical (unpaired) electrons. The molecule has 25 heavy (non-hydrogen) atoms. The van der Waals surface area contributed by atoms with E-state index in [1.54, 1.807) is 12.2 Å². The van der Waals surface area contributed by atoms with Crippen LogP contribution in [0.25, 0.3) is 6.08 Å². The van der Waals surface area contributed by atoms with Gasteiger partial charge in [-0.1, -0.05) is 6.07 Å². The minimum atomic E-state index is 0.0765. The maximum Gasteiger partial charge on any atom is 0.231 e. The van der Waals surface area contributed by atoms with Crippen LogP contribution in [0.1, 0.15) is 18.4 Å². The van der Waals surface area contributed by atoms with Gasteiger partial charge in [0.05, 0.1) is 0 Å². The van der Waals surface area contributed by atoms with Crippen LogP contribution in [0.2, 0.25) is 0 Å². The molecular weight excluding hydrogens is 318 g/mol. The number of hydrogen-bond acceptors (Lipinski definition) is 6. The van der Waals surface area contributed by atoms with E-state index in [0.717, 1.165) is 41.8 Å². The van der Waals surface area contributed by atoms with Crippen LogP contribution < -0.4 is 20.2 Å². The van der Waals surface area contributed by atoms with Gasteiger partial charge in [0.15, 0.2) is 17.3 Å². The summed E-state index contributed by atoms with van der Waals surface area (Å²) in [5.74, 6) is 1.57. The highest BCUT2D eigenvalue weighted by atomic mass is 16.7. The Bertz CT molecular complexity index is 678. The monoisotopic (exact) mass is 343 g/mol. The molecule has 4 rings (SSSR count). The Hall–Kier alpha value is -2.15. The maximum atomic E-state index is 11.1. The fraction of sp³-hybridized carbons (Fsp3) is 0.421. The van der Waals surface area contributed by atoms with E-state index in [-0.39, 0.29) is 12.6 Å². The van der Waals surface area contributed by atoms with Crippen LogP contribution in [0, 0.1) is 0 Å². The first-order valence-electron chi connectivity index (χ1n) is 8.62. The predicted octanol–water partition coefficient (Wildman–Crippen LogP) is 1.74. The van der Waals surface area contributed by atoms with Crippen molar-refractivity contribution in [3.63, 3.8) is 0 Å². The summed E-state index contributed by atoms with van der Waals surface area (Å²) in [6.07, 6.45) is 7.71. The van der Waals surface area contributed by atoms with Crippen LogP contribution in [0.3, 0.4) is 0 Å². The third-order valence-electron chi connectivity index (χ3n) is 4.63. The van der Waals surface area contributed by atoms with Crippen LogP contribution >= 0.6 is 0 Å². The number of nitrogens with zero attached hydrogens (tertiary/aromatic N) is 1. The summed E-state index contributed by atoms with van der Waals surface area (Å²) in [6, 6.07) is 6.35. The standard InChI is InChI=1S/C12H8O3.C7H17N3/c13-10-3-2-9(10)5-8-1-4-11-12(6-8)15-7-14-11;1-8-10(2)7-3-5-9-6-4-7/h1-6H,7H2;7-9H,3-6H2,1-2H3. The van der Waals surface area contributed by atoms with E-state index in [9.17, 15) is 4.79 Å². The SMILES string of the molecule is CNN(C)C1CCNCC1.O=C1C=CC1=Cc1ccc2c(c1)OCO2. The Morgan fingerprint density at radius 2 is 1.96 bits per heavy atom. The molecule has 134 valence electrons. The smallest absolute Gasteiger partial charge is 0.231 e. The van der Waals surface area contributed by atoms with E-state index >= 15 is 0 Å². The molecule has 0 aromatic heterocycles. The molecule has 1 saturated heterocycles. The normalized spacial score (nSPS) is 20.4. The lowest BCUT2D eigenvalue weighted by Gasteiger charge is -2.30. The third-order valence-corrected chi connectivity index (χ3v) is 4.63. The molecule has 2 aliphatic heterocycles. The summed E-state index contributed by atoms with van der Waals surface area (Å²) in [5, 5.41) is 5.53. The summed E-state index contributed by atoms with van der Waals surface area (Å²) in [5.41, 5.74) is 4.82. The number of hydrazine groups is 1. The maximum absolute atomic E-state index is 11.1. The van der Waals surface area contributed by atoms with Crippen molar-refractivity contribution < 1.29 is 14.3 Å². The first-order valence-corrected chi connectivity index (χ1v) is 8.62. The van der Waals surface area contributed by atoms with E-state index in [1.165, 1.54) is 12.8 Å². The summed E-state index contributed by atoms with van der Waals surface area (Å²) in [4.78, 5) is 11.1. The molecule has 0 amide bonds. The summed E-state index contributed by atoms with van der Waals surface area (Å²) in [7, 11) is 4.08. The zero-order chi connectivity index (χ0) is 17.6. The number of hydrogen-bond donors (Lipinski definition) is 2. The number of carbonyl (C=O) groups is 1. The molecule has 0 spiro atoms. The van der Waals surface area contributed by atoms with Crippen LogP contribution in [-0.2, 0) is 4.79 Å². The second-order valence-electron chi connectivity index (χ2n) is 6.23. The number of ether oxygens (including phenoxy) is 2. The fourth-order valence-electron chi connectivity index (χ4n) is 2.93. The molecule has 6 nitrogen and oxygen atoms in total. The number of carbonyl (C=O) groups excluding carboxylic acids is 1. The Morgan fingerprint density at radius 3 is 2.60 bits per heavy atom. The van der Waals surface area contributed by atoms with Crippen molar-refractivity contribution in [1.82, 2.24) is 15.8 Å². The minimum Gasteiger partial charge on any atom is -0.454 e. The molecule has 1 fully saturated rings. The van der Waals surface area contributed by atoms with Crippen molar-refractivity contribution >= 4 is 11.9 Å². The van der Waals surface area contributed by atoms with Crippen molar-refractivity contribution in [3.8, 4) is 11.5 Å². The van der Waals surface area contributed by atoms with Crippen molar-refractivity contribution in [3.05, 3.63) is 41.5 Å². The largest absolute Gasteiger partial charge is 0.454 e. The molecule has 2 heterocycles. The first kappa shape index (κ1) is 17.7. The zero-order valence-electron chi connectivity index (χ0n) is 14.7. The Morgan fingerprint density at radius 1 is 1.20 bits per heavy atom. The lowest BCUT2D eigenvalue weighted by atomic mass is 9.98. The topological polar surface area (TPSA) is 62.8 Å². The van der Waals surface area contributed by atoms with Gasteiger partial charge in [-0.05, 0) is 68.9 Å². The molecule has 0 saturated carbocycles. The number of nitrogens with one attached hydrogen (secondary N) is 2. The van der Waals surface area contributed by atoms with Gasteiger partial charge in [0.25, 0.3) is 0 Å².